The highest BCUT2D eigenvalue weighted by Gasteiger charge is 2.17. The average Bonchev–Trinajstić information content (AvgIpc) is 2.23. The number of phenols is 1. The van der Waals surface area contributed by atoms with Crippen LogP contribution >= 0.6 is 28.3 Å². The summed E-state index contributed by atoms with van der Waals surface area (Å²) in [4.78, 5) is 0. The molecule has 0 bridgehead atoms. The topological polar surface area (TPSA) is 41.5 Å². The van der Waals surface area contributed by atoms with Crippen LogP contribution in [0.2, 0.25) is 0 Å². The Morgan fingerprint density at radius 1 is 1.47 bits per heavy atom. The van der Waals surface area contributed by atoms with Crippen molar-refractivity contribution in [2.24, 2.45) is 0 Å². The summed E-state index contributed by atoms with van der Waals surface area (Å²) in [6.07, 6.45) is 0. The van der Waals surface area contributed by atoms with E-state index in [0.717, 1.165) is 23.2 Å². The molecule has 0 aliphatic carbocycles. The molecule has 84 valence electrons. The fourth-order valence-electron chi connectivity index (χ4n) is 1.56. The number of benzene rings is 1. The third-order valence-electron chi connectivity index (χ3n) is 2.28. The zero-order valence-corrected chi connectivity index (χ0v) is 10.5. The Balaban J connectivity index is 0.00000112. The fraction of sp³-hybridized carbons (Fsp3) is 0.400. The van der Waals surface area contributed by atoms with Gasteiger partial charge in [0.2, 0.25) is 0 Å². The molecule has 1 saturated heterocycles. The van der Waals surface area contributed by atoms with Gasteiger partial charge in [0.1, 0.15) is 5.75 Å². The lowest BCUT2D eigenvalue weighted by molar-refractivity contribution is 0.0766. The van der Waals surface area contributed by atoms with Gasteiger partial charge in [-0.1, -0.05) is 15.9 Å². The van der Waals surface area contributed by atoms with E-state index < -0.39 is 0 Å². The van der Waals surface area contributed by atoms with E-state index >= 15 is 0 Å². The number of halogens is 2. The molecule has 1 aliphatic rings. The molecule has 2 rings (SSSR count). The highest BCUT2D eigenvalue weighted by atomic mass is 79.9. The molecule has 1 fully saturated rings. The van der Waals surface area contributed by atoms with Gasteiger partial charge in [0.15, 0.2) is 0 Å². The quantitative estimate of drug-likeness (QED) is 0.835. The van der Waals surface area contributed by atoms with Gasteiger partial charge in [-0.2, -0.15) is 0 Å². The van der Waals surface area contributed by atoms with Crippen LogP contribution in [-0.2, 0) is 4.74 Å². The highest BCUT2D eigenvalue weighted by molar-refractivity contribution is 9.10. The molecule has 0 saturated carbocycles. The average molecular weight is 295 g/mol. The first kappa shape index (κ1) is 12.8. The summed E-state index contributed by atoms with van der Waals surface area (Å²) in [5.41, 5.74) is 1.05. The van der Waals surface area contributed by atoms with Crippen LogP contribution in [-0.4, -0.2) is 24.9 Å². The van der Waals surface area contributed by atoms with Gasteiger partial charge >= 0.3 is 0 Å². The van der Waals surface area contributed by atoms with Crippen molar-refractivity contribution >= 4 is 28.3 Å². The summed E-state index contributed by atoms with van der Waals surface area (Å²) >= 11 is 3.46. The minimum absolute atomic E-state index is 0. The Hall–Kier alpha value is -0.290. The maximum atomic E-state index is 9.38. The number of rotatable bonds is 1. The Labute approximate surface area is 103 Å². The van der Waals surface area contributed by atoms with Crippen molar-refractivity contribution in [3.8, 4) is 5.75 Å². The third kappa shape index (κ3) is 3.08. The largest absolute Gasteiger partial charge is 0.508 e. The van der Waals surface area contributed by atoms with Gasteiger partial charge in [-0.3, -0.25) is 0 Å². The van der Waals surface area contributed by atoms with E-state index in [9.17, 15) is 5.11 Å². The molecular weight excluding hydrogens is 281 g/mol. The minimum Gasteiger partial charge on any atom is -0.508 e. The van der Waals surface area contributed by atoms with Gasteiger partial charge in [-0.05, 0) is 23.8 Å². The molecule has 3 nitrogen and oxygen atoms in total. The number of ether oxygens (including phenoxy) is 1. The normalized spacial score (nSPS) is 20.7. The summed E-state index contributed by atoms with van der Waals surface area (Å²) in [5.74, 6) is 0.288. The Morgan fingerprint density at radius 2 is 2.27 bits per heavy atom. The Kier molecular flexibility index (Phi) is 4.86. The second-order valence-corrected chi connectivity index (χ2v) is 4.14. The van der Waals surface area contributed by atoms with Crippen LogP contribution in [0.4, 0.5) is 0 Å². The second-order valence-electron chi connectivity index (χ2n) is 3.29. The summed E-state index contributed by atoms with van der Waals surface area (Å²) in [7, 11) is 0. The highest BCUT2D eigenvalue weighted by Crippen LogP contribution is 2.28. The molecule has 0 spiro atoms. The lowest BCUT2D eigenvalue weighted by Gasteiger charge is -2.25. The molecule has 1 heterocycles. The monoisotopic (exact) mass is 293 g/mol. The molecule has 0 radical (unpaired) electrons. The van der Waals surface area contributed by atoms with E-state index in [1.165, 1.54) is 0 Å². The standard InChI is InChI=1S/C10H12BrNO2.ClH/c11-9-2-1-7(13)5-8(9)10-6-14-4-3-12-10;/h1-2,5,10,12-13H,3-4,6H2;1H/t10-;/m1./s1. The van der Waals surface area contributed by atoms with Crippen LogP contribution in [0.15, 0.2) is 22.7 Å². The summed E-state index contributed by atoms with van der Waals surface area (Å²) < 4.78 is 6.36. The zero-order chi connectivity index (χ0) is 9.97. The van der Waals surface area contributed by atoms with Gasteiger partial charge in [0, 0.05) is 11.0 Å². The molecule has 0 unspecified atom stereocenters. The van der Waals surface area contributed by atoms with Crippen molar-refractivity contribution in [3.05, 3.63) is 28.2 Å². The lowest BCUT2D eigenvalue weighted by Crippen LogP contribution is -2.34. The number of nitrogens with one attached hydrogen (secondary N) is 1. The van der Waals surface area contributed by atoms with Crippen molar-refractivity contribution in [2.75, 3.05) is 19.8 Å². The van der Waals surface area contributed by atoms with E-state index in [1.54, 1.807) is 12.1 Å². The van der Waals surface area contributed by atoms with E-state index in [-0.39, 0.29) is 24.2 Å². The number of morpholine rings is 1. The molecule has 0 amide bonds. The predicted octanol–water partition coefficient (Wildman–Crippen LogP) is 2.24. The van der Waals surface area contributed by atoms with Crippen molar-refractivity contribution in [2.45, 2.75) is 6.04 Å². The number of phenolic OH excluding ortho intramolecular Hbond substituents is 1. The predicted molar refractivity (Wildman–Crippen MR) is 64.6 cm³/mol. The molecule has 5 heteroatoms. The first-order valence-corrected chi connectivity index (χ1v) is 5.36. The molecule has 2 N–H and O–H groups in total. The van der Waals surface area contributed by atoms with Crippen molar-refractivity contribution in [1.82, 2.24) is 5.32 Å². The van der Waals surface area contributed by atoms with Gasteiger partial charge < -0.3 is 15.2 Å². The fourth-order valence-corrected chi connectivity index (χ4v) is 2.09. The molecule has 1 aromatic carbocycles. The Morgan fingerprint density at radius 3 is 2.93 bits per heavy atom. The Bertz CT molecular complexity index is 329. The number of hydrogen-bond donors (Lipinski definition) is 2. The van der Waals surface area contributed by atoms with Gasteiger partial charge in [-0.15, -0.1) is 12.4 Å². The number of hydrogen-bond acceptors (Lipinski definition) is 3. The zero-order valence-electron chi connectivity index (χ0n) is 8.07. The molecular formula is C10H13BrClNO2. The smallest absolute Gasteiger partial charge is 0.115 e. The van der Waals surface area contributed by atoms with Gasteiger partial charge in [0.25, 0.3) is 0 Å². The van der Waals surface area contributed by atoms with E-state index in [4.69, 9.17) is 4.74 Å². The van der Waals surface area contributed by atoms with E-state index in [0.29, 0.717) is 6.61 Å². The maximum Gasteiger partial charge on any atom is 0.115 e. The van der Waals surface area contributed by atoms with Gasteiger partial charge in [-0.25, -0.2) is 0 Å². The van der Waals surface area contributed by atoms with Crippen LogP contribution in [0.5, 0.6) is 5.75 Å². The van der Waals surface area contributed by atoms with E-state index in [2.05, 4.69) is 21.2 Å². The summed E-state index contributed by atoms with van der Waals surface area (Å²) in [6, 6.07) is 5.44. The van der Waals surface area contributed by atoms with Crippen LogP contribution in [0.3, 0.4) is 0 Å². The van der Waals surface area contributed by atoms with Crippen LogP contribution < -0.4 is 5.32 Å². The SMILES string of the molecule is Cl.Oc1ccc(Br)c([C@H]2COCCN2)c1. The van der Waals surface area contributed by atoms with Crippen molar-refractivity contribution in [1.29, 1.82) is 0 Å². The first-order valence-electron chi connectivity index (χ1n) is 4.57. The third-order valence-corrected chi connectivity index (χ3v) is 3.00. The van der Waals surface area contributed by atoms with Gasteiger partial charge in [0.05, 0.1) is 19.3 Å². The summed E-state index contributed by atoms with van der Waals surface area (Å²) in [6.45, 7) is 2.27. The molecule has 1 aromatic rings. The molecule has 15 heavy (non-hydrogen) atoms. The van der Waals surface area contributed by atoms with Crippen molar-refractivity contribution < 1.29 is 9.84 Å². The molecule has 1 atom stereocenters. The summed E-state index contributed by atoms with van der Waals surface area (Å²) in [5, 5.41) is 12.7. The lowest BCUT2D eigenvalue weighted by atomic mass is 10.1. The van der Waals surface area contributed by atoms with E-state index in [1.807, 2.05) is 6.07 Å². The molecule has 1 aliphatic heterocycles. The van der Waals surface area contributed by atoms with Crippen LogP contribution in [0.1, 0.15) is 11.6 Å². The second kappa shape index (κ2) is 5.70. The van der Waals surface area contributed by atoms with Crippen LogP contribution in [0, 0.1) is 0 Å². The number of aromatic hydroxyl groups is 1. The minimum atomic E-state index is 0. The molecule has 0 aromatic heterocycles. The first-order chi connectivity index (χ1) is 6.77. The van der Waals surface area contributed by atoms with Crippen molar-refractivity contribution in [3.63, 3.8) is 0 Å². The van der Waals surface area contributed by atoms with Crippen LogP contribution in [0.25, 0.3) is 0 Å². The maximum absolute atomic E-state index is 9.38.